The number of halogens is 2. The molecule has 1 aliphatic heterocycles. The number of hydrogen-bond acceptors (Lipinski definition) is 4. The molecule has 0 saturated carbocycles. The van der Waals surface area contributed by atoms with Crippen LogP contribution >= 0.6 is 24.8 Å². The van der Waals surface area contributed by atoms with Crippen molar-refractivity contribution in [2.75, 3.05) is 13.1 Å². The SMILES string of the molecule is C[C@@H]1C[C@@H](N)CCN1CCn1cnnc1.Cl.Cl. The van der Waals surface area contributed by atoms with Gasteiger partial charge in [-0.05, 0) is 26.3 Å². The smallest absolute Gasteiger partial charge is 0.119 e. The molecule has 0 amide bonds. The van der Waals surface area contributed by atoms with Crippen molar-refractivity contribution in [1.29, 1.82) is 0 Å². The molecule has 100 valence electrons. The van der Waals surface area contributed by atoms with Gasteiger partial charge in [-0.3, -0.25) is 4.90 Å². The van der Waals surface area contributed by atoms with Crippen molar-refractivity contribution in [3.63, 3.8) is 0 Å². The van der Waals surface area contributed by atoms with Gasteiger partial charge in [0.15, 0.2) is 0 Å². The summed E-state index contributed by atoms with van der Waals surface area (Å²) in [5.74, 6) is 0. The van der Waals surface area contributed by atoms with Crippen molar-refractivity contribution < 1.29 is 0 Å². The summed E-state index contributed by atoms with van der Waals surface area (Å²) in [5, 5.41) is 7.58. The van der Waals surface area contributed by atoms with Crippen molar-refractivity contribution in [3.05, 3.63) is 12.7 Å². The molecule has 1 fully saturated rings. The van der Waals surface area contributed by atoms with Crippen LogP contribution < -0.4 is 5.73 Å². The first kappa shape index (κ1) is 16.6. The lowest BCUT2D eigenvalue weighted by Crippen LogP contribution is -2.46. The van der Waals surface area contributed by atoms with Gasteiger partial charge in [0.2, 0.25) is 0 Å². The first-order chi connectivity index (χ1) is 7.25. The van der Waals surface area contributed by atoms with E-state index in [4.69, 9.17) is 5.73 Å². The number of nitrogens with two attached hydrogens (primary N) is 1. The summed E-state index contributed by atoms with van der Waals surface area (Å²) in [7, 11) is 0. The Morgan fingerprint density at radius 3 is 2.47 bits per heavy atom. The molecule has 2 rings (SSSR count). The third kappa shape index (κ3) is 4.79. The van der Waals surface area contributed by atoms with Gasteiger partial charge in [0, 0.05) is 25.2 Å². The van der Waals surface area contributed by atoms with E-state index >= 15 is 0 Å². The molecule has 0 spiro atoms. The first-order valence-electron chi connectivity index (χ1n) is 5.58. The highest BCUT2D eigenvalue weighted by atomic mass is 35.5. The van der Waals surface area contributed by atoms with E-state index < -0.39 is 0 Å². The standard InChI is InChI=1S/C10H19N5.2ClH/c1-9-6-10(11)2-3-15(9)5-4-14-7-12-13-8-14;;/h7-10H,2-6,11H2,1H3;2*1H/t9-,10+;;/m1../s1. The third-order valence-electron chi connectivity index (χ3n) is 3.17. The minimum absolute atomic E-state index is 0. The van der Waals surface area contributed by atoms with E-state index in [0.29, 0.717) is 12.1 Å². The van der Waals surface area contributed by atoms with E-state index in [1.165, 1.54) is 0 Å². The molecule has 2 heterocycles. The van der Waals surface area contributed by atoms with Gasteiger partial charge in [0.1, 0.15) is 12.7 Å². The Labute approximate surface area is 115 Å². The molecule has 1 aromatic rings. The van der Waals surface area contributed by atoms with Gasteiger partial charge in [-0.1, -0.05) is 0 Å². The molecule has 7 heteroatoms. The van der Waals surface area contributed by atoms with Gasteiger partial charge in [0.05, 0.1) is 0 Å². The lowest BCUT2D eigenvalue weighted by molar-refractivity contribution is 0.142. The molecule has 0 radical (unpaired) electrons. The second kappa shape index (κ2) is 7.87. The minimum atomic E-state index is 0. The number of likely N-dealkylation sites (tertiary alicyclic amines) is 1. The Kier molecular flexibility index (Phi) is 7.70. The highest BCUT2D eigenvalue weighted by molar-refractivity contribution is 5.85. The van der Waals surface area contributed by atoms with Crippen LogP contribution in [-0.2, 0) is 6.54 Å². The molecule has 1 aromatic heterocycles. The Bertz CT molecular complexity index is 293. The Hall–Kier alpha value is -0.360. The van der Waals surface area contributed by atoms with Gasteiger partial charge >= 0.3 is 0 Å². The maximum Gasteiger partial charge on any atom is 0.119 e. The number of rotatable bonds is 3. The van der Waals surface area contributed by atoms with Gasteiger partial charge in [-0.15, -0.1) is 35.0 Å². The van der Waals surface area contributed by atoms with Gasteiger partial charge in [0.25, 0.3) is 0 Å². The number of aromatic nitrogens is 3. The van der Waals surface area contributed by atoms with Crippen molar-refractivity contribution in [1.82, 2.24) is 19.7 Å². The zero-order valence-corrected chi connectivity index (χ0v) is 11.7. The highest BCUT2D eigenvalue weighted by Gasteiger charge is 2.22. The van der Waals surface area contributed by atoms with Crippen LogP contribution in [0.3, 0.4) is 0 Å². The maximum atomic E-state index is 5.93. The number of nitrogens with zero attached hydrogens (tertiary/aromatic N) is 4. The molecule has 0 aliphatic carbocycles. The van der Waals surface area contributed by atoms with E-state index in [1.54, 1.807) is 12.7 Å². The molecule has 2 atom stereocenters. The predicted molar refractivity (Wildman–Crippen MR) is 72.8 cm³/mol. The molecule has 0 bridgehead atoms. The summed E-state index contributed by atoms with van der Waals surface area (Å²) in [6.07, 6.45) is 5.76. The Morgan fingerprint density at radius 2 is 1.88 bits per heavy atom. The van der Waals surface area contributed by atoms with E-state index in [0.717, 1.165) is 32.5 Å². The van der Waals surface area contributed by atoms with Crippen LogP contribution in [0.25, 0.3) is 0 Å². The van der Waals surface area contributed by atoms with Crippen molar-refractivity contribution in [2.45, 2.75) is 38.4 Å². The van der Waals surface area contributed by atoms with Crippen LogP contribution in [0.4, 0.5) is 0 Å². The fraction of sp³-hybridized carbons (Fsp3) is 0.800. The van der Waals surface area contributed by atoms with Crippen LogP contribution in [-0.4, -0.2) is 44.8 Å². The van der Waals surface area contributed by atoms with Crippen LogP contribution in [0, 0.1) is 0 Å². The van der Waals surface area contributed by atoms with Crippen molar-refractivity contribution in [2.24, 2.45) is 5.73 Å². The van der Waals surface area contributed by atoms with Crippen LogP contribution in [0.15, 0.2) is 12.7 Å². The van der Waals surface area contributed by atoms with Crippen LogP contribution in [0.2, 0.25) is 0 Å². The fourth-order valence-corrected chi connectivity index (χ4v) is 2.17. The molecule has 0 aromatic carbocycles. The van der Waals surface area contributed by atoms with E-state index in [2.05, 4.69) is 22.0 Å². The average molecular weight is 282 g/mol. The summed E-state index contributed by atoms with van der Waals surface area (Å²) in [5.41, 5.74) is 5.93. The summed E-state index contributed by atoms with van der Waals surface area (Å²) in [4.78, 5) is 2.49. The Balaban J connectivity index is 0.00000128. The number of piperidine rings is 1. The average Bonchev–Trinajstić information content (AvgIpc) is 2.69. The minimum Gasteiger partial charge on any atom is -0.328 e. The summed E-state index contributed by atoms with van der Waals surface area (Å²) >= 11 is 0. The molecule has 17 heavy (non-hydrogen) atoms. The van der Waals surface area contributed by atoms with E-state index in [9.17, 15) is 0 Å². The highest BCUT2D eigenvalue weighted by Crippen LogP contribution is 2.15. The second-order valence-electron chi connectivity index (χ2n) is 4.37. The lowest BCUT2D eigenvalue weighted by Gasteiger charge is -2.36. The third-order valence-corrected chi connectivity index (χ3v) is 3.17. The van der Waals surface area contributed by atoms with Crippen LogP contribution in [0.5, 0.6) is 0 Å². The fourth-order valence-electron chi connectivity index (χ4n) is 2.17. The maximum absolute atomic E-state index is 5.93. The Morgan fingerprint density at radius 1 is 1.24 bits per heavy atom. The first-order valence-corrected chi connectivity index (χ1v) is 5.58. The molecular weight excluding hydrogens is 261 g/mol. The zero-order chi connectivity index (χ0) is 10.7. The van der Waals surface area contributed by atoms with Gasteiger partial charge < -0.3 is 10.3 Å². The summed E-state index contributed by atoms with van der Waals surface area (Å²) < 4.78 is 2.02. The molecule has 1 saturated heterocycles. The van der Waals surface area contributed by atoms with Crippen LogP contribution in [0.1, 0.15) is 19.8 Å². The molecule has 0 unspecified atom stereocenters. The second-order valence-corrected chi connectivity index (χ2v) is 4.37. The zero-order valence-electron chi connectivity index (χ0n) is 10.0. The van der Waals surface area contributed by atoms with E-state index in [-0.39, 0.29) is 24.8 Å². The van der Waals surface area contributed by atoms with Crippen molar-refractivity contribution >= 4 is 24.8 Å². The topological polar surface area (TPSA) is 60.0 Å². The normalized spacial score (nSPS) is 24.8. The largest absolute Gasteiger partial charge is 0.328 e. The molecular formula is C10H21Cl2N5. The van der Waals surface area contributed by atoms with Crippen molar-refractivity contribution in [3.8, 4) is 0 Å². The predicted octanol–water partition coefficient (Wildman–Crippen LogP) is 0.933. The summed E-state index contributed by atoms with van der Waals surface area (Å²) in [6.45, 7) is 5.40. The molecule has 2 N–H and O–H groups in total. The monoisotopic (exact) mass is 281 g/mol. The van der Waals surface area contributed by atoms with Gasteiger partial charge in [-0.2, -0.15) is 0 Å². The van der Waals surface area contributed by atoms with Gasteiger partial charge in [-0.25, -0.2) is 0 Å². The quantitative estimate of drug-likeness (QED) is 0.896. The molecule has 1 aliphatic rings. The molecule has 5 nitrogen and oxygen atoms in total. The summed E-state index contributed by atoms with van der Waals surface area (Å²) in [6, 6.07) is 0.997. The van der Waals surface area contributed by atoms with E-state index in [1.807, 2.05) is 4.57 Å². The number of hydrogen-bond donors (Lipinski definition) is 1. The lowest BCUT2D eigenvalue weighted by atomic mass is 9.99.